The Morgan fingerprint density at radius 3 is 2.19 bits per heavy atom. The average molecular weight is 347 g/mol. The molecule has 0 saturated heterocycles. The molecule has 0 aliphatic rings. The van der Waals surface area contributed by atoms with Gasteiger partial charge in [-0.15, -0.1) is 0 Å². The molecule has 134 valence electrons. The van der Waals surface area contributed by atoms with E-state index in [9.17, 15) is 4.79 Å². The molecule has 0 aliphatic heterocycles. The van der Waals surface area contributed by atoms with E-state index in [4.69, 9.17) is 4.74 Å². The van der Waals surface area contributed by atoms with Crippen molar-refractivity contribution in [2.24, 2.45) is 5.92 Å². The van der Waals surface area contributed by atoms with Gasteiger partial charge in [-0.25, -0.2) is 0 Å². The van der Waals surface area contributed by atoms with Gasteiger partial charge >= 0.3 is 0 Å². The van der Waals surface area contributed by atoms with E-state index in [-0.39, 0.29) is 11.9 Å². The summed E-state index contributed by atoms with van der Waals surface area (Å²) in [6.07, 6.45) is 0.881. The summed E-state index contributed by atoms with van der Waals surface area (Å²) in [5.74, 6) is 0.957. The number of nitrogens with one attached hydrogen (secondary N) is 1. The largest absolute Gasteiger partial charge is 0.496 e. The quantitative estimate of drug-likeness (QED) is 0.651. The molecule has 0 spiro atoms. The molecule has 3 heteroatoms. The topological polar surface area (TPSA) is 38.3 Å². The highest BCUT2D eigenvalue weighted by atomic mass is 16.5. The van der Waals surface area contributed by atoms with Crippen LogP contribution < -0.4 is 10.1 Å². The van der Waals surface area contributed by atoms with E-state index in [0.29, 0.717) is 17.2 Å². The molecule has 3 aromatic carbocycles. The van der Waals surface area contributed by atoms with Crippen LogP contribution in [0.2, 0.25) is 0 Å². The second kappa shape index (κ2) is 8.05. The number of hydrogen-bond acceptors (Lipinski definition) is 2. The van der Waals surface area contributed by atoms with Crippen molar-refractivity contribution in [1.82, 2.24) is 5.32 Å². The highest BCUT2D eigenvalue weighted by Crippen LogP contribution is 2.28. The molecule has 3 aromatic rings. The van der Waals surface area contributed by atoms with E-state index in [1.54, 1.807) is 7.11 Å². The van der Waals surface area contributed by atoms with Gasteiger partial charge in [-0.2, -0.15) is 0 Å². The molecular formula is C23H25NO2. The van der Waals surface area contributed by atoms with E-state index in [2.05, 4.69) is 31.3 Å². The van der Waals surface area contributed by atoms with Crippen molar-refractivity contribution in [3.8, 4) is 5.75 Å². The number of ether oxygens (including phenoxy) is 1. The molecule has 0 bridgehead atoms. The number of carbonyl (C=O) groups is 1. The predicted molar refractivity (Wildman–Crippen MR) is 107 cm³/mol. The first-order valence-electron chi connectivity index (χ1n) is 9.01. The molecule has 0 unspecified atom stereocenters. The number of rotatable bonds is 6. The van der Waals surface area contributed by atoms with E-state index in [1.807, 2.05) is 54.6 Å². The molecule has 0 saturated carbocycles. The molecule has 1 N–H and O–H groups in total. The zero-order valence-electron chi connectivity index (χ0n) is 15.5. The second-order valence-electron chi connectivity index (χ2n) is 6.97. The third-order valence-corrected chi connectivity index (χ3v) is 4.53. The van der Waals surface area contributed by atoms with Gasteiger partial charge in [0, 0.05) is 0 Å². The second-order valence-corrected chi connectivity index (χ2v) is 6.97. The minimum Gasteiger partial charge on any atom is -0.496 e. The van der Waals surface area contributed by atoms with Crippen LogP contribution in [0.1, 0.15) is 42.2 Å². The Morgan fingerprint density at radius 2 is 1.58 bits per heavy atom. The molecule has 1 amide bonds. The maximum Gasteiger partial charge on any atom is 0.255 e. The summed E-state index contributed by atoms with van der Waals surface area (Å²) in [6, 6.07) is 21.9. The lowest BCUT2D eigenvalue weighted by molar-refractivity contribution is 0.0929. The van der Waals surface area contributed by atoms with Crippen molar-refractivity contribution in [2.45, 2.75) is 26.3 Å². The lowest BCUT2D eigenvalue weighted by atomic mass is 9.96. The monoisotopic (exact) mass is 347 g/mol. The summed E-state index contributed by atoms with van der Waals surface area (Å²) in [6.45, 7) is 4.33. The molecule has 0 aromatic heterocycles. The molecule has 0 heterocycles. The standard InChI is InChI=1S/C23H25NO2/c1-16(2)13-21(17-9-5-4-6-10-17)24-23(25)20-14-18-11-7-8-12-19(18)15-22(20)26-3/h4-12,14-16,21H,13H2,1-3H3,(H,24,25)/t21-/m0/s1. The first-order chi connectivity index (χ1) is 12.6. The number of amides is 1. The molecule has 3 rings (SSSR count). The first kappa shape index (κ1) is 18.0. The fourth-order valence-corrected chi connectivity index (χ4v) is 3.24. The van der Waals surface area contributed by atoms with Crippen LogP contribution in [0.15, 0.2) is 66.7 Å². The van der Waals surface area contributed by atoms with E-state index in [0.717, 1.165) is 22.8 Å². The van der Waals surface area contributed by atoms with E-state index in [1.165, 1.54) is 0 Å². The lowest BCUT2D eigenvalue weighted by Crippen LogP contribution is -2.29. The fraction of sp³-hybridized carbons (Fsp3) is 0.261. The van der Waals surface area contributed by atoms with Gasteiger partial charge in [0.05, 0.1) is 18.7 Å². The minimum atomic E-state index is -0.109. The minimum absolute atomic E-state index is 0.0279. The van der Waals surface area contributed by atoms with Gasteiger partial charge in [-0.1, -0.05) is 68.4 Å². The maximum atomic E-state index is 13.0. The van der Waals surface area contributed by atoms with Crippen LogP contribution in [0.3, 0.4) is 0 Å². The van der Waals surface area contributed by atoms with Crippen molar-refractivity contribution in [3.05, 3.63) is 77.9 Å². The lowest BCUT2D eigenvalue weighted by Gasteiger charge is -2.22. The van der Waals surface area contributed by atoms with Crippen LogP contribution in [0.5, 0.6) is 5.75 Å². The van der Waals surface area contributed by atoms with Gasteiger partial charge in [0.15, 0.2) is 0 Å². The van der Waals surface area contributed by atoms with Crippen LogP contribution in [0.4, 0.5) is 0 Å². The molecule has 1 atom stereocenters. The summed E-state index contributed by atoms with van der Waals surface area (Å²) in [5.41, 5.74) is 1.69. The first-order valence-corrected chi connectivity index (χ1v) is 9.01. The fourth-order valence-electron chi connectivity index (χ4n) is 3.24. The Hall–Kier alpha value is -2.81. The summed E-state index contributed by atoms with van der Waals surface area (Å²) in [4.78, 5) is 13.0. The van der Waals surface area contributed by atoms with Gasteiger partial charge in [0.2, 0.25) is 0 Å². The van der Waals surface area contributed by atoms with Crippen LogP contribution >= 0.6 is 0 Å². The van der Waals surface area contributed by atoms with Gasteiger partial charge in [0.1, 0.15) is 5.75 Å². The molecule has 0 fully saturated rings. The SMILES string of the molecule is COc1cc2ccccc2cc1C(=O)N[C@@H](CC(C)C)c1ccccc1. The van der Waals surface area contributed by atoms with Gasteiger partial charge in [0.25, 0.3) is 5.91 Å². The summed E-state index contributed by atoms with van der Waals surface area (Å²) >= 11 is 0. The highest BCUT2D eigenvalue weighted by molar-refractivity contribution is 6.01. The van der Waals surface area contributed by atoms with Crippen molar-refractivity contribution in [1.29, 1.82) is 0 Å². The molecular weight excluding hydrogens is 322 g/mol. The summed E-state index contributed by atoms with van der Waals surface area (Å²) < 4.78 is 5.48. The van der Waals surface area contributed by atoms with Gasteiger partial charge < -0.3 is 10.1 Å². The smallest absolute Gasteiger partial charge is 0.255 e. The Labute approximate surface area is 155 Å². The van der Waals surface area contributed by atoms with Crippen LogP contribution in [0, 0.1) is 5.92 Å². The average Bonchev–Trinajstić information content (AvgIpc) is 2.66. The molecule has 26 heavy (non-hydrogen) atoms. The Balaban J connectivity index is 1.93. The molecule has 0 aliphatic carbocycles. The highest BCUT2D eigenvalue weighted by Gasteiger charge is 2.20. The van der Waals surface area contributed by atoms with Crippen molar-refractivity contribution < 1.29 is 9.53 Å². The number of fused-ring (bicyclic) bond motifs is 1. The van der Waals surface area contributed by atoms with Crippen molar-refractivity contribution >= 4 is 16.7 Å². The van der Waals surface area contributed by atoms with Crippen LogP contribution in [-0.2, 0) is 0 Å². The Morgan fingerprint density at radius 1 is 0.962 bits per heavy atom. The van der Waals surface area contributed by atoms with Crippen LogP contribution in [0.25, 0.3) is 10.8 Å². The Kier molecular flexibility index (Phi) is 5.57. The third-order valence-electron chi connectivity index (χ3n) is 4.53. The normalized spacial score (nSPS) is 12.2. The summed E-state index contributed by atoms with van der Waals surface area (Å²) in [7, 11) is 1.60. The Bertz CT molecular complexity index is 887. The molecule has 3 nitrogen and oxygen atoms in total. The maximum absolute atomic E-state index is 13.0. The number of carbonyl (C=O) groups excluding carboxylic acids is 1. The predicted octanol–water partition coefficient (Wildman–Crippen LogP) is 5.37. The zero-order valence-corrected chi connectivity index (χ0v) is 15.5. The number of benzene rings is 3. The number of hydrogen-bond donors (Lipinski definition) is 1. The van der Waals surface area contributed by atoms with Crippen molar-refractivity contribution in [2.75, 3.05) is 7.11 Å². The van der Waals surface area contributed by atoms with Crippen LogP contribution in [-0.4, -0.2) is 13.0 Å². The third kappa shape index (κ3) is 4.05. The summed E-state index contributed by atoms with van der Waals surface area (Å²) in [5, 5.41) is 5.29. The molecule has 0 radical (unpaired) electrons. The van der Waals surface area contributed by atoms with Gasteiger partial charge in [-0.05, 0) is 40.8 Å². The van der Waals surface area contributed by atoms with Gasteiger partial charge in [-0.3, -0.25) is 4.79 Å². The zero-order chi connectivity index (χ0) is 18.5. The number of methoxy groups -OCH3 is 1. The van der Waals surface area contributed by atoms with E-state index >= 15 is 0 Å². The van der Waals surface area contributed by atoms with E-state index < -0.39 is 0 Å². The van der Waals surface area contributed by atoms with Crippen molar-refractivity contribution in [3.63, 3.8) is 0 Å².